The molecule has 0 heterocycles. The van der Waals surface area contributed by atoms with Crippen molar-refractivity contribution in [2.75, 3.05) is 5.32 Å². The lowest BCUT2D eigenvalue weighted by atomic mass is 10.2. The normalized spacial score (nSPS) is 16.1. The van der Waals surface area contributed by atoms with Gasteiger partial charge in [0.25, 0.3) is 0 Å². The van der Waals surface area contributed by atoms with Gasteiger partial charge in [0.15, 0.2) is 0 Å². The van der Waals surface area contributed by atoms with E-state index in [1.54, 1.807) is 18.2 Å². The summed E-state index contributed by atoms with van der Waals surface area (Å²) in [5.41, 5.74) is 6.42. The molecule has 5 heteroatoms. The molecule has 1 aliphatic carbocycles. The van der Waals surface area contributed by atoms with Crippen molar-refractivity contribution in [2.45, 2.75) is 25.3 Å². The van der Waals surface area contributed by atoms with E-state index < -0.39 is 5.54 Å². The molecule has 1 aromatic rings. The highest BCUT2D eigenvalue weighted by Crippen LogP contribution is 2.34. The van der Waals surface area contributed by atoms with E-state index in [0.29, 0.717) is 18.5 Å². The Balaban J connectivity index is 0.00000128. The number of halogens is 1. The number of phenolic OH excluding ortho intramolecular Hbond substituents is 1. The second-order valence-corrected chi connectivity index (χ2v) is 4.13. The topological polar surface area (TPSA) is 75.3 Å². The summed E-state index contributed by atoms with van der Waals surface area (Å²) < 4.78 is 0. The number of carbonyl (C=O) groups excluding carboxylic acids is 1. The van der Waals surface area contributed by atoms with Crippen LogP contribution in [0.1, 0.15) is 18.4 Å². The summed E-state index contributed by atoms with van der Waals surface area (Å²) >= 11 is 0. The maximum absolute atomic E-state index is 11.6. The van der Waals surface area contributed by atoms with Crippen LogP contribution in [0.2, 0.25) is 0 Å². The molecule has 16 heavy (non-hydrogen) atoms. The fourth-order valence-electron chi connectivity index (χ4n) is 1.36. The van der Waals surface area contributed by atoms with Gasteiger partial charge in [-0.2, -0.15) is 0 Å². The fraction of sp³-hybridized carbons (Fsp3) is 0.364. The number of amides is 1. The molecular weight excluding hydrogens is 228 g/mol. The number of anilines is 1. The highest BCUT2D eigenvalue weighted by atomic mass is 35.5. The van der Waals surface area contributed by atoms with Gasteiger partial charge in [0.05, 0.1) is 11.2 Å². The second-order valence-electron chi connectivity index (χ2n) is 4.13. The van der Waals surface area contributed by atoms with Crippen molar-refractivity contribution in [3.63, 3.8) is 0 Å². The first-order chi connectivity index (χ1) is 7.01. The largest absolute Gasteiger partial charge is 0.506 e. The van der Waals surface area contributed by atoms with Gasteiger partial charge in [-0.15, -0.1) is 12.4 Å². The van der Waals surface area contributed by atoms with Crippen molar-refractivity contribution >= 4 is 24.0 Å². The Morgan fingerprint density at radius 1 is 1.50 bits per heavy atom. The molecule has 0 saturated heterocycles. The van der Waals surface area contributed by atoms with Crippen LogP contribution in [-0.2, 0) is 4.79 Å². The third-order valence-corrected chi connectivity index (χ3v) is 2.64. The van der Waals surface area contributed by atoms with Crippen LogP contribution in [0, 0.1) is 6.92 Å². The summed E-state index contributed by atoms with van der Waals surface area (Å²) in [6, 6.07) is 5.06. The van der Waals surface area contributed by atoms with Crippen LogP contribution in [0.15, 0.2) is 18.2 Å². The monoisotopic (exact) mass is 242 g/mol. The highest BCUT2D eigenvalue weighted by Gasteiger charge is 2.46. The van der Waals surface area contributed by atoms with Gasteiger partial charge in [-0.05, 0) is 37.5 Å². The van der Waals surface area contributed by atoms with Gasteiger partial charge in [0.2, 0.25) is 5.91 Å². The zero-order valence-electron chi connectivity index (χ0n) is 8.99. The SMILES string of the molecule is Cc1ccc(O)c(NC(=O)C2(N)CC2)c1.Cl. The third-order valence-electron chi connectivity index (χ3n) is 2.64. The minimum Gasteiger partial charge on any atom is -0.506 e. The molecule has 2 rings (SSSR count). The zero-order valence-corrected chi connectivity index (χ0v) is 9.80. The Morgan fingerprint density at radius 2 is 2.12 bits per heavy atom. The number of nitrogens with two attached hydrogens (primary N) is 1. The van der Waals surface area contributed by atoms with E-state index >= 15 is 0 Å². The zero-order chi connectivity index (χ0) is 11.1. The van der Waals surface area contributed by atoms with Crippen LogP contribution in [0.25, 0.3) is 0 Å². The maximum Gasteiger partial charge on any atom is 0.244 e. The predicted molar refractivity (Wildman–Crippen MR) is 64.9 cm³/mol. The van der Waals surface area contributed by atoms with E-state index in [4.69, 9.17) is 5.73 Å². The van der Waals surface area contributed by atoms with Gasteiger partial charge in [-0.3, -0.25) is 4.79 Å². The van der Waals surface area contributed by atoms with E-state index in [1.807, 2.05) is 6.92 Å². The lowest BCUT2D eigenvalue weighted by Crippen LogP contribution is -2.37. The van der Waals surface area contributed by atoms with Gasteiger partial charge < -0.3 is 16.2 Å². The second kappa shape index (κ2) is 4.31. The Labute approximate surface area is 100 Å². The number of hydrogen-bond donors (Lipinski definition) is 3. The third kappa shape index (κ3) is 2.46. The molecular formula is C11H15ClN2O2. The number of aromatic hydroxyl groups is 1. The smallest absolute Gasteiger partial charge is 0.244 e. The highest BCUT2D eigenvalue weighted by molar-refractivity contribution is 6.01. The average Bonchev–Trinajstić information content (AvgIpc) is 2.91. The van der Waals surface area contributed by atoms with Crippen molar-refractivity contribution in [3.05, 3.63) is 23.8 Å². The van der Waals surface area contributed by atoms with E-state index in [9.17, 15) is 9.90 Å². The van der Waals surface area contributed by atoms with Crippen molar-refractivity contribution in [2.24, 2.45) is 5.73 Å². The van der Waals surface area contributed by atoms with Crippen LogP contribution < -0.4 is 11.1 Å². The van der Waals surface area contributed by atoms with Gasteiger partial charge >= 0.3 is 0 Å². The first-order valence-electron chi connectivity index (χ1n) is 4.91. The molecule has 4 nitrogen and oxygen atoms in total. The van der Waals surface area contributed by atoms with Crippen LogP contribution in [0.4, 0.5) is 5.69 Å². The Kier molecular flexibility index (Phi) is 3.45. The minimum absolute atomic E-state index is 0. The fourth-order valence-corrected chi connectivity index (χ4v) is 1.36. The number of rotatable bonds is 2. The molecule has 0 atom stereocenters. The molecule has 0 spiro atoms. The Bertz CT molecular complexity index is 416. The van der Waals surface area contributed by atoms with E-state index in [2.05, 4.69) is 5.32 Å². The Morgan fingerprint density at radius 3 is 2.69 bits per heavy atom. The van der Waals surface area contributed by atoms with Gasteiger partial charge in [0.1, 0.15) is 5.75 Å². The number of aryl methyl sites for hydroxylation is 1. The molecule has 1 aliphatic rings. The molecule has 1 amide bonds. The van der Waals surface area contributed by atoms with Gasteiger partial charge in [-0.25, -0.2) is 0 Å². The van der Waals surface area contributed by atoms with Gasteiger partial charge in [0, 0.05) is 0 Å². The lowest BCUT2D eigenvalue weighted by Gasteiger charge is -2.11. The first kappa shape index (κ1) is 12.8. The molecule has 0 unspecified atom stereocenters. The number of phenols is 1. The maximum atomic E-state index is 11.6. The predicted octanol–water partition coefficient (Wildman–Crippen LogP) is 1.55. The summed E-state index contributed by atoms with van der Waals surface area (Å²) in [5.74, 6) is -0.151. The summed E-state index contributed by atoms with van der Waals surface area (Å²) in [6.07, 6.45) is 1.43. The number of nitrogens with one attached hydrogen (secondary N) is 1. The molecule has 0 bridgehead atoms. The number of carbonyl (C=O) groups is 1. The molecule has 0 radical (unpaired) electrons. The summed E-state index contributed by atoms with van der Waals surface area (Å²) in [6.45, 7) is 1.89. The van der Waals surface area contributed by atoms with Crippen LogP contribution in [-0.4, -0.2) is 16.6 Å². The van der Waals surface area contributed by atoms with Crippen LogP contribution >= 0.6 is 12.4 Å². The lowest BCUT2D eigenvalue weighted by molar-refractivity contribution is -0.118. The van der Waals surface area contributed by atoms with Crippen molar-refractivity contribution in [1.29, 1.82) is 0 Å². The summed E-state index contributed by atoms with van der Waals surface area (Å²) in [4.78, 5) is 11.6. The summed E-state index contributed by atoms with van der Waals surface area (Å²) in [7, 11) is 0. The molecule has 1 aromatic carbocycles. The average molecular weight is 243 g/mol. The van der Waals surface area contributed by atoms with E-state index in [0.717, 1.165) is 5.56 Å². The van der Waals surface area contributed by atoms with Crippen molar-refractivity contribution in [3.8, 4) is 5.75 Å². The molecule has 1 saturated carbocycles. The van der Waals surface area contributed by atoms with Crippen molar-refractivity contribution < 1.29 is 9.90 Å². The van der Waals surface area contributed by atoms with Crippen LogP contribution in [0.3, 0.4) is 0 Å². The Hall–Kier alpha value is -1.26. The molecule has 0 aliphatic heterocycles. The quantitative estimate of drug-likeness (QED) is 0.689. The summed E-state index contributed by atoms with van der Waals surface area (Å²) in [5, 5.41) is 12.2. The number of hydrogen-bond acceptors (Lipinski definition) is 3. The molecule has 0 aromatic heterocycles. The standard InChI is InChI=1S/C11H14N2O2.ClH/c1-7-2-3-9(14)8(6-7)13-10(15)11(12)4-5-11;/h2-3,6,14H,4-5,12H2,1H3,(H,13,15);1H. The van der Waals surface area contributed by atoms with E-state index in [1.165, 1.54) is 0 Å². The molecule has 88 valence electrons. The molecule has 4 N–H and O–H groups in total. The van der Waals surface area contributed by atoms with Gasteiger partial charge in [-0.1, -0.05) is 6.07 Å². The van der Waals surface area contributed by atoms with Crippen molar-refractivity contribution in [1.82, 2.24) is 0 Å². The van der Waals surface area contributed by atoms with Crippen LogP contribution in [0.5, 0.6) is 5.75 Å². The number of benzene rings is 1. The van der Waals surface area contributed by atoms with E-state index in [-0.39, 0.29) is 24.1 Å². The minimum atomic E-state index is -0.712. The molecule has 1 fully saturated rings. The first-order valence-corrected chi connectivity index (χ1v) is 4.91.